The predicted octanol–water partition coefficient (Wildman–Crippen LogP) is 1.74. The highest BCUT2D eigenvalue weighted by molar-refractivity contribution is 7.80. The zero-order valence-electron chi connectivity index (χ0n) is 13.8. The summed E-state index contributed by atoms with van der Waals surface area (Å²) in [5.74, 6) is 0. The third kappa shape index (κ3) is 4.38. The number of β-amino-alcohol motifs (C(OH)–C–C–N with tert-alkyl or cyclic N) is 1. The summed E-state index contributed by atoms with van der Waals surface area (Å²) in [4.78, 5) is 9.06. The maximum atomic E-state index is 11.0. The average Bonchev–Trinajstić information content (AvgIpc) is 2.55. The minimum absolute atomic E-state index is 0.142. The van der Waals surface area contributed by atoms with E-state index in [9.17, 15) is 5.11 Å². The van der Waals surface area contributed by atoms with Gasteiger partial charge in [0.2, 0.25) is 0 Å². The molecule has 2 aliphatic rings. The maximum absolute atomic E-state index is 11.0. The monoisotopic (exact) mass is 337 g/mol. The number of aromatic nitrogens is 1. The molecule has 3 heterocycles. The zero-order chi connectivity index (χ0) is 16.3. The van der Waals surface area contributed by atoms with Crippen molar-refractivity contribution in [2.75, 3.05) is 50.8 Å². The molecule has 128 valence electrons. The third-order valence-electron chi connectivity index (χ3n) is 4.74. The Kier molecular flexibility index (Phi) is 5.46. The van der Waals surface area contributed by atoms with Gasteiger partial charge in [-0.3, -0.25) is 9.88 Å². The Labute approximate surface area is 144 Å². The highest BCUT2D eigenvalue weighted by Gasteiger charge is 2.35. The Morgan fingerprint density at radius 2 is 2.13 bits per heavy atom. The highest BCUT2D eigenvalue weighted by atomic mass is 32.1. The fourth-order valence-corrected chi connectivity index (χ4v) is 3.62. The van der Waals surface area contributed by atoms with E-state index < -0.39 is 5.60 Å². The molecular weight excluding hydrogens is 310 g/mol. The van der Waals surface area contributed by atoms with Gasteiger partial charge in [0.15, 0.2) is 0 Å². The number of piperidine rings is 1. The second-order valence-electron chi connectivity index (χ2n) is 6.76. The molecule has 0 spiro atoms. The molecule has 1 N–H and O–H groups in total. The van der Waals surface area contributed by atoms with Crippen LogP contribution in [0.15, 0.2) is 18.3 Å². The van der Waals surface area contributed by atoms with Crippen LogP contribution in [0.5, 0.6) is 0 Å². The van der Waals surface area contributed by atoms with Gasteiger partial charge in [0.25, 0.3) is 0 Å². The maximum Gasteiger partial charge on any atom is 0.0948 e. The quantitative estimate of drug-likeness (QED) is 0.820. The van der Waals surface area contributed by atoms with Crippen molar-refractivity contribution in [3.05, 3.63) is 24.0 Å². The number of pyridine rings is 1. The van der Waals surface area contributed by atoms with E-state index in [1.54, 1.807) is 0 Å². The standard InChI is InChI=1S/C17H27N3O2S/c1-14(23)16-4-3-15(11-18-16)20-6-2-5-17(21,13-20)12-19-7-9-22-10-8-19/h3-4,11,14,21,23H,2,5-10,12-13H2,1H3/t14?,17-/m0/s1. The number of anilines is 1. The minimum Gasteiger partial charge on any atom is -0.387 e. The Hall–Kier alpha value is -0.820. The van der Waals surface area contributed by atoms with Crippen LogP contribution in [0.4, 0.5) is 5.69 Å². The number of thiol groups is 1. The van der Waals surface area contributed by atoms with Gasteiger partial charge in [-0.25, -0.2) is 0 Å². The van der Waals surface area contributed by atoms with Crippen LogP contribution in [0.25, 0.3) is 0 Å². The minimum atomic E-state index is -0.648. The lowest BCUT2D eigenvalue weighted by Gasteiger charge is -2.43. The lowest BCUT2D eigenvalue weighted by Crippen LogP contribution is -2.56. The van der Waals surface area contributed by atoms with Crippen molar-refractivity contribution in [3.8, 4) is 0 Å². The van der Waals surface area contributed by atoms with Crippen LogP contribution in [0.1, 0.15) is 30.7 Å². The highest BCUT2D eigenvalue weighted by Crippen LogP contribution is 2.28. The molecule has 0 saturated carbocycles. The van der Waals surface area contributed by atoms with E-state index in [2.05, 4.69) is 33.5 Å². The SMILES string of the molecule is CC(S)c1ccc(N2CCC[C@](O)(CN3CCOCC3)C2)cn1. The fraction of sp³-hybridized carbons (Fsp3) is 0.706. The van der Waals surface area contributed by atoms with Gasteiger partial charge in [-0.15, -0.1) is 0 Å². The summed E-state index contributed by atoms with van der Waals surface area (Å²) in [5, 5.41) is 11.2. The number of rotatable bonds is 4. The van der Waals surface area contributed by atoms with Crippen molar-refractivity contribution in [2.24, 2.45) is 0 Å². The van der Waals surface area contributed by atoms with E-state index in [1.807, 2.05) is 19.2 Å². The van der Waals surface area contributed by atoms with Crippen LogP contribution < -0.4 is 4.90 Å². The topological polar surface area (TPSA) is 48.8 Å². The van der Waals surface area contributed by atoms with Crippen LogP contribution in [0.2, 0.25) is 0 Å². The van der Waals surface area contributed by atoms with Gasteiger partial charge in [-0.05, 0) is 31.9 Å². The Morgan fingerprint density at radius 3 is 2.78 bits per heavy atom. The number of hydrogen-bond acceptors (Lipinski definition) is 6. The Morgan fingerprint density at radius 1 is 1.35 bits per heavy atom. The summed E-state index contributed by atoms with van der Waals surface area (Å²) in [6.07, 6.45) is 3.77. The van der Waals surface area contributed by atoms with Crippen molar-refractivity contribution < 1.29 is 9.84 Å². The third-order valence-corrected chi connectivity index (χ3v) is 5.01. The first-order valence-corrected chi connectivity index (χ1v) is 8.99. The van der Waals surface area contributed by atoms with E-state index in [1.165, 1.54) is 0 Å². The molecule has 2 atom stereocenters. The van der Waals surface area contributed by atoms with Crippen LogP contribution in [0, 0.1) is 0 Å². The molecular formula is C17H27N3O2S. The molecule has 0 amide bonds. The van der Waals surface area contributed by atoms with Crippen molar-refractivity contribution in [3.63, 3.8) is 0 Å². The van der Waals surface area contributed by atoms with Crippen LogP contribution in [-0.2, 0) is 4.74 Å². The van der Waals surface area contributed by atoms with Gasteiger partial charge in [0.05, 0.1) is 36.4 Å². The molecule has 0 radical (unpaired) electrons. The molecule has 6 heteroatoms. The molecule has 1 unspecified atom stereocenters. The largest absolute Gasteiger partial charge is 0.387 e. The van der Waals surface area contributed by atoms with Gasteiger partial charge in [-0.2, -0.15) is 12.6 Å². The molecule has 5 nitrogen and oxygen atoms in total. The van der Waals surface area contributed by atoms with Crippen LogP contribution >= 0.6 is 12.6 Å². The molecule has 1 aromatic heterocycles. The van der Waals surface area contributed by atoms with Gasteiger partial charge < -0.3 is 14.7 Å². The molecule has 0 aliphatic carbocycles. The molecule has 0 aromatic carbocycles. The summed E-state index contributed by atoms with van der Waals surface area (Å²) in [5.41, 5.74) is 1.42. The lowest BCUT2D eigenvalue weighted by atomic mass is 9.91. The first-order chi connectivity index (χ1) is 11.1. The predicted molar refractivity (Wildman–Crippen MR) is 95.3 cm³/mol. The van der Waals surface area contributed by atoms with Crippen molar-refractivity contribution in [2.45, 2.75) is 30.6 Å². The number of aliphatic hydroxyl groups is 1. The summed E-state index contributed by atoms with van der Waals surface area (Å²) >= 11 is 4.42. The molecule has 1 aromatic rings. The summed E-state index contributed by atoms with van der Waals surface area (Å²) < 4.78 is 5.39. The van der Waals surface area contributed by atoms with Crippen molar-refractivity contribution >= 4 is 18.3 Å². The number of hydrogen-bond donors (Lipinski definition) is 2. The number of nitrogens with zero attached hydrogens (tertiary/aromatic N) is 3. The van der Waals surface area contributed by atoms with Gasteiger partial charge in [-0.1, -0.05) is 0 Å². The van der Waals surface area contributed by atoms with Gasteiger partial charge in [0.1, 0.15) is 0 Å². The summed E-state index contributed by atoms with van der Waals surface area (Å²) in [6.45, 7) is 7.76. The van der Waals surface area contributed by atoms with Gasteiger partial charge in [0, 0.05) is 38.0 Å². The fourth-order valence-electron chi connectivity index (χ4n) is 3.47. The number of ether oxygens (including phenoxy) is 1. The van der Waals surface area contributed by atoms with E-state index in [0.717, 1.165) is 63.6 Å². The average molecular weight is 337 g/mol. The normalized spacial score (nSPS) is 27.9. The number of morpholine rings is 1. The van der Waals surface area contributed by atoms with Crippen LogP contribution in [0.3, 0.4) is 0 Å². The second-order valence-corrected chi connectivity index (χ2v) is 7.53. The first-order valence-electron chi connectivity index (χ1n) is 8.47. The first kappa shape index (κ1) is 17.0. The summed E-state index contributed by atoms with van der Waals surface area (Å²) in [7, 11) is 0. The Bertz CT molecular complexity index is 505. The van der Waals surface area contributed by atoms with Crippen LogP contribution in [-0.4, -0.2) is 66.5 Å². The molecule has 23 heavy (non-hydrogen) atoms. The zero-order valence-corrected chi connectivity index (χ0v) is 14.7. The van der Waals surface area contributed by atoms with E-state index in [-0.39, 0.29) is 5.25 Å². The second kappa shape index (κ2) is 7.38. The summed E-state index contributed by atoms with van der Waals surface area (Å²) in [6, 6.07) is 4.12. The molecule has 3 rings (SSSR count). The van der Waals surface area contributed by atoms with E-state index in [0.29, 0.717) is 6.54 Å². The molecule has 0 bridgehead atoms. The van der Waals surface area contributed by atoms with Crippen molar-refractivity contribution in [1.82, 2.24) is 9.88 Å². The lowest BCUT2D eigenvalue weighted by molar-refractivity contribution is -0.0382. The molecule has 2 saturated heterocycles. The van der Waals surface area contributed by atoms with Gasteiger partial charge >= 0.3 is 0 Å². The van der Waals surface area contributed by atoms with E-state index >= 15 is 0 Å². The molecule has 2 fully saturated rings. The van der Waals surface area contributed by atoms with Crippen molar-refractivity contribution in [1.29, 1.82) is 0 Å². The molecule has 2 aliphatic heterocycles. The smallest absolute Gasteiger partial charge is 0.0948 e. The Balaban J connectivity index is 1.64. The van der Waals surface area contributed by atoms with E-state index in [4.69, 9.17) is 4.74 Å².